The lowest BCUT2D eigenvalue weighted by atomic mass is 9.70. The number of ether oxygens (including phenoxy) is 1. The second-order valence-corrected chi connectivity index (χ2v) is 6.08. The zero-order valence-corrected chi connectivity index (χ0v) is 13.5. The zero-order chi connectivity index (χ0) is 15.4. The third kappa shape index (κ3) is 3.46. The molecule has 1 amide bonds. The Kier molecular flexibility index (Phi) is 5.39. The first-order chi connectivity index (χ1) is 10.1. The fourth-order valence-corrected chi connectivity index (χ4v) is 2.97. The monoisotopic (exact) mass is 307 g/mol. The highest BCUT2D eigenvalue weighted by molar-refractivity contribution is 8.13. The standard InChI is InChI=1S/C16H21NO3S/c1-4-10-8-12(11-6-5-7-11)14(17-16(19)21-3)9-13(10)15(18)20-2/h8-9,11-12H,4-7H2,1-3H3. The van der Waals surface area contributed by atoms with Crippen molar-refractivity contribution in [3.63, 3.8) is 0 Å². The minimum atomic E-state index is -0.362. The van der Waals surface area contributed by atoms with Crippen LogP contribution in [0.1, 0.15) is 32.6 Å². The van der Waals surface area contributed by atoms with Gasteiger partial charge in [0.15, 0.2) is 0 Å². The lowest BCUT2D eigenvalue weighted by Gasteiger charge is -2.34. The Balaban J connectivity index is 2.39. The van der Waals surface area contributed by atoms with E-state index in [9.17, 15) is 9.59 Å². The van der Waals surface area contributed by atoms with Gasteiger partial charge in [-0.3, -0.25) is 4.79 Å². The van der Waals surface area contributed by atoms with E-state index in [0.717, 1.165) is 36.6 Å². The molecule has 114 valence electrons. The number of amides is 1. The minimum Gasteiger partial charge on any atom is -0.465 e. The number of aliphatic imine (C=N–C) groups is 1. The summed E-state index contributed by atoms with van der Waals surface area (Å²) >= 11 is 1.09. The van der Waals surface area contributed by atoms with Gasteiger partial charge in [-0.05, 0) is 43.1 Å². The Morgan fingerprint density at radius 2 is 2.14 bits per heavy atom. The molecule has 0 aromatic heterocycles. The molecule has 0 aromatic carbocycles. The molecule has 0 spiro atoms. The van der Waals surface area contributed by atoms with Crippen molar-refractivity contribution in [3.05, 3.63) is 23.3 Å². The molecule has 0 radical (unpaired) electrons. The molecule has 0 aromatic rings. The zero-order valence-electron chi connectivity index (χ0n) is 12.7. The maximum atomic E-state index is 11.9. The Hall–Kier alpha value is -1.36. The van der Waals surface area contributed by atoms with Crippen LogP contribution in [0.5, 0.6) is 0 Å². The number of methoxy groups -OCH3 is 1. The van der Waals surface area contributed by atoms with Crippen molar-refractivity contribution in [2.24, 2.45) is 16.8 Å². The molecule has 0 saturated heterocycles. The first kappa shape index (κ1) is 16.0. The predicted molar refractivity (Wildman–Crippen MR) is 85.7 cm³/mol. The number of carbonyl (C=O) groups is 2. The maximum absolute atomic E-state index is 11.9. The number of esters is 1. The summed E-state index contributed by atoms with van der Waals surface area (Å²) in [6, 6.07) is 0. The van der Waals surface area contributed by atoms with Gasteiger partial charge in [0.1, 0.15) is 0 Å². The highest BCUT2D eigenvalue weighted by Crippen LogP contribution is 2.39. The number of nitrogens with zero attached hydrogens (tertiary/aromatic N) is 1. The van der Waals surface area contributed by atoms with Crippen molar-refractivity contribution in [3.8, 4) is 0 Å². The average Bonchev–Trinajstić information content (AvgIpc) is 2.45. The normalized spacial score (nSPS) is 24.1. The summed E-state index contributed by atoms with van der Waals surface area (Å²) in [5.74, 6) is 0.327. The lowest BCUT2D eigenvalue weighted by Crippen LogP contribution is -2.30. The van der Waals surface area contributed by atoms with Gasteiger partial charge in [-0.1, -0.05) is 31.2 Å². The number of hydrogen-bond acceptors (Lipinski definition) is 4. The van der Waals surface area contributed by atoms with Gasteiger partial charge in [0.2, 0.25) is 0 Å². The Morgan fingerprint density at radius 1 is 1.43 bits per heavy atom. The molecule has 2 aliphatic carbocycles. The van der Waals surface area contributed by atoms with Gasteiger partial charge in [0, 0.05) is 5.92 Å². The van der Waals surface area contributed by atoms with E-state index in [1.807, 2.05) is 6.92 Å². The van der Waals surface area contributed by atoms with Crippen LogP contribution in [0.2, 0.25) is 0 Å². The third-order valence-electron chi connectivity index (χ3n) is 4.20. The second kappa shape index (κ2) is 7.07. The van der Waals surface area contributed by atoms with Crippen molar-refractivity contribution in [2.45, 2.75) is 32.6 Å². The van der Waals surface area contributed by atoms with Gasteiger partial charge >= 0.3 is 11.2 Å². The van der Waals surface area contributed by atoms with E-state index >= 15 is 0 Å². The van der Waals surface area contributed by atoms with Crippen molar-refractivity contribution in [2.75, 3.05) is 13.4 Å². The Morgan fingerprint density at radius 3 is 2.62 bits per heavy atom. The molecule has 1 atom stereocenters. The van der Waals surface area contributed by atoms with Gasteiger partial charge < -0.3 is 4.74 Å². The molecule has 0 heterocycles. The Labute approximate surface area is 129 Å². The van der Waals surface area contributed by atoms with Crippen molar-refractivity contribution in [1.29, 1.82) is 0 Å². The van der Waals surface area contributed by atoms with Crippen LogP contribution in [0.15, 0.2) is 28.3 Å². The van der Waals surface area contributed by atoms with Gasteiger partial charge in [0.25, 0.3) is 0 Å². The van der Waals surface area contributed by atoms with E-state index in [0.29, 0.717) is 17.2 Å². The predicted octanol–water partition coefficient (Wildman–Crippen LogP) is 3.78. The summed E-state index contributed by atoms with van der Waals surface area (Å²) in [4.78, 5) is 27.8. The largest absolute Gasteiger partial charge is 0.465 e. The number of thioether (sulfide) groups is 1. The number of hydrogen-bond donors (Lipinski definition) is 0. The van der Waals surface area contributed by atoms with Crippen LogP contribution in [0, 0.1) is 11.8 Å². The number of allylic oxidation sites excluding steroid dienone is 2. The average molecular weight is 307 g/mol. The van der Waals surface area contributed by atoms with Crippen molar-refractivity contribution >= 4 is 28.7 Å². The highest BCUT2D eigenvalue weighted by atomic mass is 32.2. The number of rotatable bonds is 3. The maximum Gasteiger partial charge on any atom is 0.338 e. The molecular weight excluding hydrogens is 286 g/mol. The van der Waals surface area contributed by atoms with Crippen molar-refractivity contribution in [1.82, 2.24) is 0 Å². The molecule has 0 bridgehead atoms. The van der Waals surface area contributed by atoms with E-state index in [2.05, 4.69) is 11.1 Å². The van der Waals surface area contributed by atoms with E-state index < -0.39 is 0 Å². The van der Waals surface area contributed by atoms with Gasteiger partial charge in [0.05, 0.1) is 18.4 Å². The summed E-state index contributed by atoms with van der Waals surface area (Å²) in [7, 11) is 1.37. The topological polar surface area (TPSA) is 55.7 Å². The van der Waals surface area contributed by atoms with Crippen LogP contribution in [0.3, 0.4) is 0 Å². The molecule has 21 heavy (non-hydrogen) atoms. The molecule has 2 rings (SSSR count). The minimum absolute atomic E-state index is 0.151. The summed E-state index contributed by atoms with van der Waals surface area (Å²) in [5, 5.41) is -0.219. The van der Waals surface area contributed by atoms with E-state index in [4.69, 9.17) is 4.74 Å². The Bertz CT molecular complexity index is 530. The van der Waals surface area contributed by atoms with Crippen LogP contribution in [-0.2, 0) is 9.53 Å². The fourth-order valence-electron chi connectivity index (χ4n) is 2.77. The first-order valence-electron chi connectivity index (χ1n) is 7.28. The summed E-state index contributed by atoms with van der Waals surface area (Å²) in [6.07, 6.45) is 9.90. The summed E-state index contributed by atoms with van der Waals surface area (Å²) in [5.41, 5.74) is 2.23. The van der Waals surface area contributed by atoms with Crippen LogP contribution < -0.4 is 0 Å². The fraction of sp³-hybridized carbons (Fsp3) is 0.562. The molecule has 0 aliphatic heterocycles. The number of carbonyl (C=O) groups excluding carboxylic acids is 2. The van der Waals surface area contributed by atoms with E-state index in [1.165, 1.54) is 13.5 Å². The molecule has 5 heteroatoms. The quantitative estimate of drug-likeness (QED) is 0.745. The molecule has 4 nitrogen and oxygen atoms in total. The summed E-state index contributed by atoms with van der Waals surface area (Å²) < 4.78 is 4.84. The van der Waals surface area contributed by atoms with Crippen LogP contribution in [-0.4, -0.2) is 30.3 Å². The molecule has 1 fully saturated rings. The second-order valence-electron chi connectivity index (χ2n) is 5.32. The highest BCUT2D eigenvalue weighted by Gasteiger charge is 2.33. The SMILES string of the molecule is CCC1=CC(C2CCC2)C(=NC(=O)SC)C=C1C(=O)OC. The molecule has 1 saturated carbocycles. The smallest absolute Gasteiger partial charge is 0.338 e. The van der Waals surface area contributed by atoms with E-state index in [1.54, 1.807) is 12.3 Å². The first-order valence-corrected chi connectivity index (χ1v) is 8.50. The van der Waals surface area contributed by atoms with Gasteiger partial charge in [-0.2, -0.15) is 0 Å². The van der Waals surface area contributed by atoms with Crippen molar-refractivity contribution < 1.29 is 14.3 Å². The molecule has 2 aliphatic rings. The van der Waals surface area contributed by atoms with Gasteiger partial charge in [-0.25, -0.2) is 9.79 Å². The molecular formula is C16H21NO3S. The van der Waals surface area contributed by atoms with Crippen LogP contribution >= 0.6 is 11.8 Å². The third-order valence-corrected chi connectivity index (χ3v) is 4.64. The molecule has 0 N–H and O–H groups in total. The van der Waals surface area contributed by atoms with Gasteiger partial charge in [-0.15, -0.1) is 0 Å². The van der Waals surface area contributed by atoms with Crippen LogP contribution in [0.4, 0.5) is 4.79 Å². The summed E-state index contributed by atoms with van der Waals surface area (Å²) in [6.45, 7) is 2.02. The lowest BCUT2D eigenvalue weighted by molar-refractivity contribution is -0.135. The van der Waals surface area contributed by atoms with Crippen LogP contribution in [0.25, 0.3) is 0 Å². The molecule has 1 unspecified atom stereocenters. The van der Waals surface area contributed by atoms with E-state index in [-0.39, 0.29) is 17.1 Å².